The lowest BCUT2D eigenvalue weighted by Gasteiger charge is -2.29. The fraction of sp³-hybridized carbons (Fsp3) is 0.684. The summed E-state index contributed by atoms with van der Waals surface area (Å²) in [5.41, 5.74) is 4.60. The van der Waals surface area contributed by atoms with Crippen LogP contribution >= 0.6 is 0 Å². The third-order valence-corrected chi connectivity index (χ3v) is 5.24. The number of methoxy groups -OCH3 is 1. The van der Waals surface area contributed by atoms with Gasteiger partial charge in [0.25, 0.3) is 0 Å². The van der Waals surface area contributed by atoms with Crippen LogP contribution in [0.1, 0.15) is 55.2 Å². The van der Waals surface area contributed by atoms with Gasteiger partial charge >= 0.3 is 0 Å². The standard InChI is InChI=1S/C19H31NO/c1-15-13-17(14-16(2)18(15)21-4)7-10-19(11-12-20-3)8-5-6-9-19/h13-14,20H,5-12H2,1-4H3. The zero-order valence-electron chi connectivity index (χ0n) is 14.2. The van der Waals surface area contributed by atoms with Crippen molar-refractivity contribution >= 4 is 0 Å². The Morgan fingerprint density at radius 3 is 2.24 bits per heavy atom. The van der Waals surface area contributed by atoms with Gasteiger partial charge in [-0.15, -0.1) is 0 Å². The molecule has 118 valence electrons. The molecule has 0 amide bonds. The van der Waals surface area contributed by atoms with Crippen molar-refractivity contribution in [2.75, 3.05) is 20.7 Å². The van der Waals surface area contributed by atoms with E-state index in [4.69, 9.17) is 4.74 Å². The SMILES string of the molecule is CNCCC1(CCc2cc(C)c(OC)c(C)c2)CCCC1. The molecule has 0 bridgehead atoms. The van der Waals surface area contributed by atoms with E-state index in [1.54, 1.807) is 7.11 Å². The van der Waals surface area contributed by atoms with Crippen molar-refractivity contribution in [3.63, 3.8) is 0 Å². The molecular formula is C19H31NO. The number of rotatable bonds is 7. The van der Waals surface area contributed by atoms with Crippen LogP contribution in [0.2, 0.25) is 0 Å². The summed E-state index contributed by atoms with van der Waals surface area (Å²) in [6.07, 6.45) is 9.55. The lowest BCUT2D eigenvalue weighted by Crippen LogP contribution is -2.23. The molecule has 0 saturated heterocycles. The maximum Gasteiger partial charge on any atom is 0.124 e. The van der Waals surface area contributed by atoms with E-state index < -0.39 is 0 Å². The first-order chi connectivity index (χ1) is 10.1. The molecule has 1 aromatic carbocycles. The second-order valence-electron chi connectivity index (χ2n) is 6.82. The Hall–Kier alpha value is -1.02. The fourth-order valence-corrected chi connectivity index (χ4v) is 4.06. The van der Waals surface area contributed by atoms with Crippen LogP contribution in [0, 0.1) is 19.3 Å². The average molecular weight is 289 g/mol. The summed E-state index contributed by atoms with van der Waals surface area (Å²) < 4.78 is 5.47. The van der Waals surface area contributed by atoms with Gasteiger partial charge in [-0.05, 0) is 81.6 Å². The van der Waals surface area contributed by atoms with E-state index in [0.29, 0.717) is 5.41 Å². The Bertz CT molecular complexity index is 438. The van der Waals surface area contributed by atoms with E-state index in [2.05, 4.69) is 38.3 Å². The molecule has 2 nitrogen and oxygen atoms in total. The maximum atomic E-state index is 5.47. The zero-order chi connectivity index (χ0) is 15.3. The van der Waals surface area contributed by atoms with Crippen molar-refractivity contribution in [2.24, 2.45) is 5.41 Å². The second-order valence-corrected chi connectivity index (χ2v) is 6.82. The van der Waals surface area contributed by atoms with E-state index in [9.17, 15) is 0 Å². The van der Waals surface area contributed by atoms with Gasteiger partial charge in [-0.1, -0.05) is 25.0 Å². The first-order valence-corrected chi connectivity index (χ1v) is 8.39. The highest BCUT2D eigenvalue weighted by Crippen LogP contribution is 2.44. The largest absolute Gasteiger partial charge is 0.496 e. The predicted octanol–water partition coefficient (Wildman–Crippen LogP) is 4.41. The molecule has 0 atom stereocenters. The zero-order valence-corrected chi connectivity index (χ0v) is 14.2. The highest BCUT2D eigenvalue weighted by Gasteiger charge is 2.32. The molecule has 1 saturated carbocycles. The third-order valence-electron chi connectivity index (χ3n) is 5.24. The molecule has 1 aliphatic carbocycles. The predicted molar refractivity (Wildman–Crippen MR) is 90.2 cm³/mol. The Labute approximate surface area is 130 Å². The van der Waals surface area contributed by atoms with E-state index in [-0.39, 0.29) is 0 Å². The van der Waals surface area contributed by atoms with Crippen molar-refractivity contribution in [3.8, 4) is 5.75 Å². The molecule has 1 fully saturated rings. The summed E-state index contributed by atoms with van der Waals surface area (Å²) in [5.74, 6) is 1.05. The number of aryl methyl sites for hydroxylation is 3. The number of ether oxygens (including phenoxy) is 1. The molecule has 0 heterocycles. The Kier molecular flexibility index (Phi) is 5.69. The van der Waals surface area contributed by atoms with Crippen LogP contribution in [0.15, 0.2) is 12.1 Å². The van der Waals surface area contributed by atoms with Gasteiger partial charge in [-0.25, -0.2) is 0 Å². The summed E-state index contributed by atoms with van der Waals surface area (Å²) in [5, 5.41) is 3.33. The normalized spacial score (nSPS) is 17.1. The summed E-state index contributed by atoms with van der Waals surface area (Å²) in [6.45, 7) is 5.46. The van der Waals surface area contributed by atoms with E-state index >= 15 is 0 Å². The second kappa shape index (κ2) is 7.31. The van der Waals surface area contributed by atoms with Gasteiger partial charge in [0, 0.05) is 0 Å². The number of hydrogen-bond acceptors (Lipinski definition) is 2. The molecule has 0 aliphatic heterocycles. The van der Waals surface area contributed by atoms with E-state index in [1.807, 2.05) is 0 Å². The van der Waals surface area contributed by atoms with Crippen molar-refractivity contribution < 1.29 is 4.74 Å². The van der Waals surface area contributed by atoms with Gasteiger partial charge in [0.2, 0.25) is 0 Å². The average Bonchev–Trinajstić information content (AvgIpc) is 2.92. The van der Waals surface area contributed by atoms with Crippen molar-refractivity contribution in [2.45, 2.75) is 58.8 Å². The molecule has 2 rings (SSSR count). The van der Waals surface area contributed by atoms with Crippen LogP contribution in [0.5, 0.6) is 5.75 Å². The smallest absolute Gasteiger partial charge is 0.124 e. The molecule has 0 radical (unpaired) electrons. The molecule has 1 N–H and O–H groups in total. The molecule has 0 unspecified atom stereocenters. The molecule has 2 heteroatoms. The topological polar surface area (TPSA) is 21.3 Å². The fourth-order valence-electron chi connectivity index (χ4n) is 4.06. The summed E-state index contributed by atoms with van der Waals surface area (Å²) in [7, 11) is 3.83. The monoisotopic (exact) mass is 289 g/mol. The van der Waals surface area contributed by atoms with Crippen LogP contribution in [0.4, 0.5) is 0 Å². The lowest BCUT2D eigenvalue weighted by molar-refractivity contribution is 0.247. The number of benzene rings is 1. The van der Waals surface area contributed by atoms with Crippen molar-refractivity contribution in [1.29, 1.82) is 0 Å². The minimum Gasteiger partial charge on any atom is -0.496 e. The van der Waals surface area contributed by atoms with E-state index in [0.717, 1.165) is 12.3 Å². The number of nitrogens with one attached hydrogen (secondary N) is 1. The lowest BCUT2D eigenvalue weighted by atomic mass is 9.77. The molecule has 0 spiro atoms. The first-order valence-electron chi connectivity index (χ1n) is 8.39. The summed E-state index contributed by atoms with van der Waals surface area (Å²) in [4.78, 5) is 0. The number of hydrogen-bond donors (Lipinski definition) is 1. The Morgan fingerprint density at radius 2 is 1.71 bits per heavy atom. The minimum absolute atomic E-state index is 0.588. The van der Waals surface area contributed by atoms with Gasteiger partial charge in [-0.3, -0.25) is 0 Å². The minimum atomic E-state index is 0.588. The van der Waals surface area contributed by atoms with Gasteiger partial charge in [-0.2, -0.15) is 0 Å². The van der Waals surface area contributed by atoms with Crippen LogP contribution in [0.3, 0.4) is 0 Å². The van der Waals surface area contributed by atoms with Crippen LogP contribution in [-0.4, -0.2) is 20.7 Å². The van der Waals surface area contributed by atoms with Crippen LogP contribution in [-0.2, 0) is 6.42 Å². The van der Waals surface area contributed by atoms with Gasteiger partial charge in [0.05, 0.1) is 7.11 Å². The third kappa shape index (κ3) is 4.00. The molecule has 0 aromatic heterocycles. The Morgan fingerprint density at radius 1 is 1.10 bits per heavy atom. The van der Waals surface area contributed by atoms with Crippen LogP contribution < -0.4 is 10.1 Å². The molecule has 1 aromatic rings. The highest BCUT2D eigenvalue weighted by molar-refractivity contribution is 5.43. The van der Waals surface area contributed by atoms with Crippen LogP contribution in [0.25, 0.3) is 0 Å². The molecule has 21 heavy (non-hydrogen) atoms. The van der Waals surface area contributed by atoms with Crippen molar-refractivity contribution in [1.82, 2.24) is 5.32 Å². The summed E-state index contributed by atoms with van der Waals surface area (Å²) >= 11 is 0. The van der Waals surface area contributed by atoms with Gasteiger partial charge < -0.3 is 10.1 Å². The maximum absolute atomic E-state index is 5.47. The van der Waals surface area contributed by atoms with Gasteiger partial charge in [0.1, 0.15) is 5.75 Å². The van der Waals surface area contributed by atoms with Gasteiger partial charge in [0.15, 0.2) is 0 Å². The molecule has 1 aliphatic rings. The van der Waals surface area contributed by atoms with E-state index in [1.165, 1.54) is 61.6 Å². The molecular weight excluding hydrogens is 258 g/mol. The summed E-state index contributed by atoms with van der Waals surface area (Å²) in [6, 6.07) is 4.62. The quantitative estimate of drug-likeness (QED) is 0.802. The van der Waals surface area contributed by atoms with Crippen molar-refractivity contribution in [3.05, 3.63) is 28.8 Å². The Balaban J connectivity index is 2.04. The highest BCUT2D eigenvalue weighted by atomic mass is 16.5. The first kappa shape index (κ1) is 16.4.